The largest absolute Gasteiger partial charge is 0.507 e. The van der Waals surface area contributed by atoms with Gasteiger partial charge in [0, 0.05) is 40.5 Å². The Bertz CT molecular complexity index is 4060. The van der Waals surface area contributed by atoms with Crippen LogP contribution in [0.4, 0.5) is 4.79 Å². The van der Waals surface area contributed by atoms with E-state index in [2.05, 4.69) is 49.6 Å². The molecular weight excluding hydrogens is 1310 g/mol. The maximum atomic E-state index is 13.2. The molecule has 0 spiro atoms. The lowest BCUT2D eigenvalue weighted by Gasteiger charge is -2.22. The number of methoxy groups -OCH3 is 2. The van der Waals surface area contributed by atoms with E-state index in [0.29, 0.717) is 97.4 Å². The molecule has 0 bridgehead atoms. The fourth-order valence-electron chi connectivity index (χ4n) is 9.20. The second-order valence-corrected chi connectivity index (χ2v) is 22.8. The third-order valence-electron chi connectivity index (χ3n) is 14.6. The molecule has 0 heterocycles. The van der Waals surface area contributed by atoms with E-state index in [1.807, 2.05) is 24.3 Å². The molecule has 0 aliphatic heterocycles. The summed E-state index contributed by atoms with van der Waals surface area (Å²) < 4.78 is 61.7. The highest BCUT2D eigenvalue weighted by molar-refractivity contribution is 5.95. The molecule has 7 aromatic rings. The van der Waals surface area contributed by atoms with E-state index in [4.69, 9.17) is 47.4 Å². The van der Waals surface area contributed by atoms with E-state index >= 15 is 0 Å². The maximum absolute atomic E-state index is 13.2. The van der Waals surface area contributed by atoms with Gasteiger partial charge in [0.2, 0.25) is 13.6 Å². The number of aryl methyl sites for hydroxylation is 3. The first-order valence-corrected chi connectivity index (χ1v) is 30.4. The number of benzene rings is 7. The maximum Gasteiger partial charge on any atom is 0.507 e. The molecule has 1 aliphatic carbocycles. The Hall–Kier alpha value is -11.9. The van der Waals surface area contributed by atoms with E-state index in [-0.39, 0.29) is 67.7 Å². The zero-order valence-corrected chi connectivity index (χ0v) is 56.4. The van der Waals surface area contributed by atoms with Crippen LogP contribution >= 0.6 is 0 Å². The number of carbonyl (C=O) groups is 9. The molecule has 0 fully saturated rings. The van der Waals surface area contributed by atoms with Crippen molar-refractivity contribution in [1.82, 2.24) is 0 Å². The van der Waals surface area contributed by atoms with Crippen molar-refractivity contribution >= 4 is 53.9 Å². The molecule has 0 N–H and O–H groups in total. The normalized spacial score (nSPS) is 10.6. The highest BCUT2D eigenvalue weighted by Gasteiger charge is 2.37. The SMILES string of the molecule is C.C.C.C.C=C(C)C(=O)OCCc1ccc(C(=O)Oc2ccc(OC(=O)c3ccc(CCOC(=O)C(=C)C)cc3)c(C)c2)cc1.C=C(C)C(=O)OCOc1ccc(C(=O)Oc2ccc3c(c2)C(C)(C)c2cc(OC(=O)c4ccc(OCOC(=O)C(=C)C)cc4C)ccc2-3)c(C)c1.COC(=O)OC. The van der Waals surface area contributed by atoms with Crippen molar-refractivity contribution in [3.05, 3.63) is 249 Å². The fourth-order valence-corrected chi connectivity index (χ4v) is 9.20. The smallest absolute Gasteiger partial charge is 0.462 e. The minimum atomic E-state index is -0.657. The molecule has 0 saturated carbocycles. The molecule has 1 aliphatic rings. The molecule has 0 unspecified atom stereocenters. The Morgan fingerprint density at radius 3 is 1.04 bits per heavy atom. The highest BCUT2D eigenvalue weighted by atomic mass is 16.7. The molecule has 102 heavy (non-hydrogen) atoms. The number of rotatable bonds is 24. The monoisotopic (exact) mass is 1400 g/mol. The van der Waals surface area contributed by atoms with Crippen molar-refractivity contribution in [2.24, 2.45) is 0 Å². The first-order chi connectivity index (χ1) is 46.5. The summed E-state index contributed by atoms with van der Waals surface area (Å²) >= 11 is 0. The van der Waals surface area contributed by atoms with Crippen LogP contribution in [0, 0.1) is 20.8 Å². The Labute approximate surface area is 597 Å². The molecule has 0 amide bonds. The Morgan fingerprint density at radius 1 is 0.373 bits per heavy atom. The molecule has 0 radical (unpaired) electrons. The van der Waals surface area contributed by atoms with Gasteiger partial charge >= 0.3 is 53.9 Å². The summed E-state index contributed by atoms with van der Waals surface area (Å²) in [4.78, 5) is 107. The van der Waals surface area contributed by atoms with Gasteiger partial charge in [-0.2, -0.15) is 0 Å². The standard InChI is InChI=1S/C41H38O10.C33H32O8.C3H6O3.4CH4/c1-23(2)37(42)48-21-46-27-9-13-31(25(5)17-27)39(44)50-29-11-15-33-34-16-12-30(20-36(34)41(7,8)35(33)19-29)51-40(45)32-14-10-28(18-26(32)6)47-22-49-38(43)24(3)4;1-21(2)30(34)38-18-16-24-6-10-26(11-7-24)32(36)40-28-14-15-29(23(5)20-28)41-33(37)27-12-8-25(9-13-27)17-19-39-31(35)22(3)4;1-5-3(4)6-2;;;;/h9-20H,1,3,21-22H2,2,4-8H3;6-15,20H,1,3,16-19H2,2,4-5H3;1-2H3;4*1H4. The van der Waals surface area contributed by atoms with Crippen molar-refractivity contribution < 1.29 is 100.0 Å². The molecule has 8 rings (SSSR count). The van der Waals surface area contributed by atoms with Crippen molar-refractivity contribution in [3.8, 4) is 45.6 Å². The van der Waals surface area contributed by atoms with Crippen LogP contribution in [0.3, 0.4) is 0 Å². The van der Waals surface area contributed by atoms with Gasteiger partial charge in [-0.15, -0.1) is 0 Å². The summed E-state index contributed by atoms with van der Waals surface area (Å²) in [6.45, 7) is 29.6. The van der Waals surface area contributed by atoms with Crippen molar-refractivity contribution in [1.29, 1.82) is 0 Å². The number of hydrogen-bond donors (Lipinski definition) is 0. The Morgan fingerprint density at radius 2 is 0.696 bits per heavy atom. The topological polar surface area (TPSA) is 264 Å². The predicted octanol–water partition coefficient (Wildman–Crippen LogP) is 16.7. The average molecular weight is 1400 g/mol. The summed E-state index contributed by atoms with van der Waals surface area (Å²) in [7, 11) is 2.51. The molecule has 7 aromatic carbocycles. The van der Waals surface area contributed by atoms with Crippen molar-refractivity contribution in [2.45, 2.75) is 110 Å². The van der Waals surface area contributed by atoms with E-state index in [9.17, 15) is 43.2 Å². The minimum Gasteiger partial charge on any atom is -0.462 e. The van der Waals surface area contributed by atoms with Crippen LogP contribution < -0.4 is 28.4 Å². The lowest BCUT2D eigenvalue weighted by Crippen LogP contribution is -2.16. The van der Waals surface area contributed by atoms with Crippen LogP contribution in [0.15, 0.2) is 188 Å². The number of hydrogen-bond acceptors (Lipinski definition) is 21. The summed E-state index contributed by atoms with van der Waals surface area (Å²) in [6, 6.07) is 39.1. The Balaban J connectivity index is 0.000000630. The van der Waals surface area contributed by atoms with Crippen LogP contribution in [0.5, 0.6) is 34.5 Å². The average Bonchev–Trinajstić information content (AvgIpc) is 1.58. The van der Waals surface area contributed by atoms with Gasteiger partial charge in [0.05, 0.1) is 49.7 Å². The van der Waals surface area contributed by atoms with Gasteiger partial charge in [0.25, 0.3) is 0 Å². The third-order valence-corrected chi connectivity index (χ3v) is 14.6. The quantitative estimate of drug-likeness (QED) is 0.0179. The molecule has 0 aromatic heterocycles. The Kier molecular flexibility index (Phi) is 34.0. The summed E-state index contributed by atoms with van der Waals surface area (Å²) in [5, 5.41) is 0. The van der Waals surface area contributed by atoms with Crippen molar-refractivity contribution in [3.63, 3.8) is 0 Å². The van der Waals surface area contributed by atoms with Crippen LogP contribution in [0.2, 0.25) is 0 Å². The van der Waals surface area contributed by atoms with Gasteiger partial charge in [-0.05, 0) is 202 Å². The van der Waals surface area contributed by atoms with Gasteiger partial charge in [-0.3, -0.25) is 0 Å². The second-order valence-electron chi connectivity index (χ2n) is 22.8. The van der Waals surface area contributed by atoms with Gasteiger partial charge in [-0.1, -0.05) is 106 Å². The number of esters is 8. The predicted molar refractivity (Wildman–Crippen MR) is 388 cm³/mol. The van der Waals surface area contributed by atoms with Crippen LogP contribution in [-0.2, 0) is 65.9 Å². The van der Waals surface area contributed by atoms with Gasteiger partial charge in [0.1, 0.15) is 34.5 Å². The van der Waals surface area contributed by atoms with Crippen LogP contribution in [-0.4, -0.2) is 94.9 Å². The third kappa shape index (κ3) is 24.5. The van der Waals surface area contributed by atoms with E-state index in [1.165, 1.54) is 14.2 Å². The van der Waals surface area contributed by atoms with E-state index in [1.54, 1.807) is 164 Å². The summed E-state index contributed by atoms with van der Waals surface area (Å²) in [6.07, 6.45) is 0.352. The zero-order chi connectivity index (χ0) is 72.0. The first-order valence-electron chi connectivity index (χ1n) is 30.4. The molecule has 0 saturated heterocycles. The highest BCUT2D eigenvalue weighted by Crippen LogP contribution is 2.51. The number of ether oxygens (including phenoxy) is 12. The zero-order valence-electron chi connectivity index (χ0n) is 56.4. The van der Waals surface area contributed by atoms with Gasteiger partial charge < -0.3 is 56.8 Å². The second kappa shape index (κ2) is 40.3. The van der Waals surface area contributed by atoms with Crippen molar-refractivity contribution in [2.75, 3.05) is 41.0 Å². The number of carbonyl (C=O) groups excluding carboxylic acids is 9. The lowest BCUT2D eigenvalue weighted by molar-refractivity contribution is -0.146. The molecule has 0 atom stereocenters. The molecule has 21 heteroatoms. The summed E-state index contributed by atoms with van der Waals surface area (Å²) in [5.41, 5.74) is 9.69. The minimum absolute atomic E-state index is 0. The van der Waals surface area contributed by atoms with Crippen LogP contribution in [0.1, 0.15) is 152 Å². The molecular formula is C81H92O21. The molecule has 21 nitrogen and oxygen atoms in total. The fraction of sp³-hybridized carbons (Fsp3) is 0.272. The summed E-state index contributed by atoms with van der Waals surface area (Å²) in [5.74, 6) is -1.85. The lowest BCUT2D eigenvalue weighted by atomic mass is 9.82. The molecule has 542 valence electrons. The van der Waals surface area contributed by atoms with E-state index < -0.39 is 59.3 Å². The van der Waals surface area contributed by atoms with Gasteiger partial charge in [-0.25, -0.2) is 43.2 Å². The number of fused-ring (bicyclic) bond motifs is 3. The first kappa shape index (κ1) is 86.2. The van der Waals surface area contributed by atoms with Crippen LogP contribution in [0.25, 0.3) is 11.1 Å². The van der Waals surface area contributed by atoms with Gasteiger partial charge in [0.15, 0.2) is 0 Å². The van der Waals surface area contributed by atoms with E-state index in [0.717, 1.165) is 33.4 Å².